The Kier molecular flexibility index (Phi) is 4.55. The van der Waals surface area contributed by atoms with E-state index in [0.717, 1.165) is 16.8 Å². The molecule has 5 N–H and O–H groups in total. The fourth-order valence-electron chi connectivity index (χ4n) is 2.40. The Labute approximate surface area is 124 Å². The maximum atomic E-state index is 11.6. The number of nitrogens with one attached hydrogen (secondary N) is 1. The van der Waals surface area contributed by atoms with Gasteiger partial charge in [0.15, 0.2) is 0 Å². The van der Waals surface area contributed by atoms with Crippen molar-refractivity contribution in [3.8, 4) is 0 Å². The molecule has 1 heterocycles. The van der Waals surface area contributed by atoms with Crippen LogP contribution in [0.3, 0.4) is 0 Å². The first kappa shape index (κ1) is 15.0. The first-order valence-corrected chi connectivity index (χ1v) is 6.81. The molecular weight excluding hydrogens is 264 g/mol. The van der Waals surface area contributed by atoms with Gasteiger partial charge in [-0.05, 0) is 31.0 Å². The Morgan fingerprint density at radius 1 is 1.24 bits per heavy atom. The van der Waals surface area contributed by atoms with Crippen molar-refractivity contribution in [2.24, 2.45) is 11.5 Å². The van der Waals surface area contributed by atoms with Gasteiger partial charge in [-0.3, -0.25) is 9.78 Å². The number of aryl methyl sites for hydroxylation is 2. The first-order valence-electron chi connectivity index (χ1n) is 6.81. The van der Waals surface area contributed by atoms with E-state index < -0.39 is 5.91 Å². The van der Waals surface area contributed by atoms with E-state index in [2.05, 4.69) is 10.3 Å². The molecule has 0 saturated carbocycles. The summed E-state index contributed by atoms with van der Waals surface area (Å²) in [6.07, 6.45) is 0. The average Bonchev–Trinajstić information content (AvgIpc) is 2.44. The van der Waals surface area contributed by atoms with Crippen LogP contribution in [0.1, 0.15) is 32.9 Å². The van der Waals surface area contributed by atoms with Gasteiger partial charge in [-0.25, -0.2) is 0 Å². The van der Waals surface area contributed by atoms with Crippen molar-refractivity contribution < 1.29 is 4.79 Å². The number of hydrogen-bond acceptors (Lipinski definition) is 4. The number of amides is 1. The number of anilines is 1. The highest BCUT2D eigenvalue weighted by Gasteiger charge is 2.13. The molecule has 0 radical (unpaired) electrons. The summed E-state index contributed by atoms with van der Waals surface area (Å²) in [5.41, 5.74) is 16.0. The zero-order valence-electron chi connectivity index (χ0n) is 12.3. The topological polar surface area (TPSA) is 94.0 Å². The van der Waals surface area contributed by atoms with E-state index in [1.165, 1.54) is 0 Å². The summed E-state index contributed by atoms with van der Waals surface area (Å²) in [5.74, 6) is -0.477. The predicted octanol–water partition coefficient (Wildman–Crippen LogP) is 1.87. The smallest absolute Gasteiger partial charge is 0.252 e. The Balaban J connectivity index is 2.30. The van der Waals surface area contributed by atoms with Crippen molar-refractivity contribution in [2.45, 2.75) is 26.9 Å². The van der Waals surface area contributed by atoms with Crippen LogP contribution in [0.4, 0.5) is 5.69 Å². The van der Waals surface area contributed by atoms with E-state index in [1.54, 1.807) is 6.92 Å². The second kappa shape index (κ2) is 6.37. The van der Waals surface area contributed by atoms with E-state index in [0.29, 0.717) is 30.0 Å². The maximum Gasteiger partial charge on any atom is 0.252 e. The van der Waals surface area contributed by atoms with Crippen LogP contribution < -0.4 is 16.8 Å². The zero-order valence-corrected chi connectivity index (χ0v) is 12.3. The number of carbonyl (C=O) groups is 1. The quantitative estimate of drug-likeness (QED) is 0.781. The van der Waals surface area contributed by atoms with Crippen molar-refractivity contribution in [2.75, 3.05) is 5.32 Å². The normalized spacial score (nSPS) is 10.4. The molecule has 2 aromatic rings. The van der Waals surface area contributed by atoms with Crippen LogP contribution in [0.15, 0.2) is 30.3 Å². The summed E-state index contributed by atoms with van der Waals surface area (Å²) in [6, 6.07) is 9.77. The number of primary amides is 1. The third-order valence-corrected chi connectivity index (χ3v) is 3.38. The van der Waals surface area contributed by atoms with Crippen LogP contribution in [0.25, 0.3) is 0 Å². The molecule has 0 atom stereocenters. The molecule has 0 aliphatic carbocycles. The molecule has 1 amide bonds. The molecule has 0 fully saturated rings. The van der Waals surface area contributed by atoms with Gasteiger partial charge >= 0.3 is 0 Å². The van der Waals surface area contributed by atoms with E-state index in [-0.39, 0.29) is 0 Å². The fourth-order valence-corrected chi connectivity index (χ4v) is 2.40. The number of pyridine rings is 1. The highest BCUT2D eigenvalue weighted by atomic mass is 16.1. The van der Waals surface area contributed by atoms with Crippen LogP contribution >= 0.6 is 0 Å². The summed E-state index contributed by atoms with van der Waals surface area (Å²) in [4.78, 5) is 15.9. The number of benzene rings is 1. The molecule has 2 rings (SSSR count). The highest BCUT2D eigenvalue weighted by molar-refractivity contribution is 5.99. The molecule has 0 aliphatic rings. The molecule has 5 nitrogen and oxygen atoms in total. The molecule has 0 aliphatic heterocycles. The summed E-state index contributed by atoms with van der Waals surface area (Å²) in [6.45, 7) is 4.73. The predicted molar refractivity (Wildman–Crippen MR) is 83.9 cm³/mol. The minimum absolute atomic E-state index is 0.436. The van der Waals surface area contributed by atoms with Gasteiger partial charge in [-0.1, -0.05) is 24.3 Å². The van der Waals surface area contributed by atoms with Crippen LogP contribution in [0.2, 0.25) is 0 Å². The molecule has 0 bridgehead atoms. The largest absolute Gasteiger partial charge is 0.380 e. The zero-order chi connectivity index (χ0) is 15.4. The Morgan fingerprint density at radius 2 is 1.90 bits per heavy atom. The van der Waals surface area contributed by atoms with Crippen molar-refractivity contribution >= 4 is 11.6 Å². The van der Waals surface area contributed by atoms with Crippen LogP contribution in [0, 0.1) is 13.8 Å². The number of nitrogens with zero attached hydrogens (tertiary/aromatic N) is 1. The monoisotopic (exact) mass is 284 g/mol. The molecule has 5 heteroatoms. The van der Waals surface area contributed by atoms with E-state index in [9.17, 15) is 4.79 Å². The van der Waals surface area contributed by atoms with Gasteiger partial charge in [0.05, 0.1) is 16.9 Å². The van der Waals surface area contributed by atoms with Crippen LogP contribution in [-0.2, 0) is 13.1 Å². The lowest BCUT2D eigenvalue weighted by Gasteiger charge is -2.14. The van der Waals surface area contributed by atoms with Crippen molar-refractivity contribution in [1.29, 1.82) is 0 Å². The second-order valence-corrected chi connectivity index (χ2v) is 4.96. The van der Waals surface area contributed by atoms with Crippen molar-refractivity contribution in [1.82, 2.24) is 4.98 Å². The summed E-state index contributed by atoms with van der Waals surface area (Å²) >= 11 is 0. The van der Waals surface area contributed by atoms with Crippen LogP contribution in [0.5, 0.6) is 0 Å². The van der Waals surface area contributed by atoms with E-state index >= 15 is 0 Å². The molecule has 0 unspecified atom stereocenters. The molecular formula is C16H20N4O. The summed E-state index contributed by atoms with van der Waals surface area (Å²) in [7, 11) is 0. The third kappa shape index (κ3) is 3.38. The van der Waals surface area contributed by atoms with Gasteiger partial charge in [0.25, 0.3) is 5.91 Å². The molecule has 21 heavy (non-hydrogen) atoms. The van der Waals surface area contributed by atoms with Gasteiger partial charge in [-0.2, -0.15) is 0 Å². The third-order valence-electron chi connectivity index (χ3n) is 3.38. The highest BCUT2D eigenvalue weighted by Crippen LogP contribution is 2.20. The fraction of sp³-hybridized carbons (Fsp3) is 0.250. The van der Waals surface area contributed by atoms with Gasteiger partial charge in [0, 0.05) is 18.8 Å². The van der Waals surface area contributed by atoms with Crippen molar-refractivity contribution in [3.63, 3.8) is 0 Å². The molecule has 1 aromatic carbocycles. The second-order valence-electron chi connectivity index (χ2n) is 4.96. The van der Waals surface area contributed by atoms with Crippen molar-refractivity contribution in [3.05, 3.63) is 58.4 Å². The van der Waals surface area contributed by atoms with Gasteiger partial charge < -0.3 is 16.8 Å². The number of hydrogen-bond donors (Lipinski definition) is 3. The number of carbonyl (C=O) groups excluding carboxylic acids is 1. The van der Waals surface area contributed by atoms with Gasteiger partial charge in [0.2, 0.25) is 0 Å². The molecule has 110 valence electrons. The van der Waals surface area contributed by atoms with E-state index in [4.69, 9.17) is 11.5 Å². The Morgan fingerprint density at radius 3 is 2.52 bits per heavy atom. The van der Waals surface area contributed by atoms with Crippen LogP contribution in [-0.4, -0.2) is 10.9 Å². The number of nitrogens with two attached hydrogens (primary N) is 2. The number of rotatable bonds is 5. The minimum atomic E-state index is -0.477. The Bertz CT molecular complexity index is 667. The average molecular weight is 284 g/mol. The minimum Gasteiger partial charge on any atom is -0.380 e. The lowest BCUT2D eigenvalue weighted by atomic mass is 10.1. The first-order chi connectivity index (χ1) is 10.0. The number of aromatic nitrogens is 1. The maximum absolute atomic E-state index is 11.6. The standard InChI is InChI=1S/C16H20N4O/c1-10-7-14(15(16(18)21)11(2)20-10)19-9-13-6-4-3-5-12(13)8-17/h3-7H,8-9,17H2,1-2H3,(H2,18,21)(H,19,20). The van der Waals surface area contributed by atoms with Gasteiger partial charge in [0.1, 0.15) is 0 Å². The molecule has 0 saturated heterocycles. The van der Waals surface area contributed by atoms with E-state index in [1.807, 2.05) is 37.3 Å². The lowest BCUT2D eigenvalue weighted by molar-refractivity contribution is 0.1000. The molecule has 0 spiro atoms. The summed E-state index contributed by atoms with van der Waals surface area (Å²) < 4.78 is 0. The SMILES string of the molecule is Cc1cc(NCc2ccccc2CN)c(C(N)=O)c(C)n1. The summed E-state index contributed by atoms with van der Waals surface area (Å²) in [5, 5.41) is 3.27. The lowest BCUT2D eigenvalue weighted by Crippen LogP contribution is -2.18. The van der Waals surface area contributed by atoms with Gasteiger partial charge in [-0.15, -0.1) is 0 Å². The molecule has 1 aromatic heterocycles. The Hall–Kier alpha value is -2.40.